The molecular formula is C13H20O2. The first kappa shape index (κ1) is 10.9. The van der Waals surface area contributed by atoms with Crippen LogP contribution in [-0.2, 0) is 4.79 Å². The minimum absolute atomic E-state index is 0.0594. The molecule has 2 nitrogen and oxygen atoms in total. The molecule has 3 atom stereocenters. The highest BCUT2D eigenvalue weighted by atomic mass is 16.3. The van der Waals surface area contributed by atoms with Gasteiger partial charge in [0.15, 0.2) is 5.78 Å². The van der Waals surface area contributed by atoms with Crippen LogP contribution in [0.2, 0.25) is 0 Å². The van der Waals surface area contributed by atoms with E-state index >= 15 is 0 Å². The monoisotopic (exact) mass is 208 g/mol. The molecule has 2 heteroatoms. The first-order chi connectivity index (χ1) is 6.86. The third kappa shape index (κ3) is 1.55. The van der Waals surface area contributed by atoms with Crippen molar-refractivity contribution >= 4 is 5.78 Å². The molecule has 0 spiro atoms. The molecule has 0 unspecified atom stereocenters. The van der Waals surface area contributed by atoms with Crippen molar-refractivity contribution in [3.8, 4) is 0 Å². The van der Waals surface area contributed by atoms with E-state index in [2.05, 4.69) is 13.8 Å². The van der Waals surface area contributed by atoms with Crippen LogP contribution in [0.25, 0.3) is 0 Å². The molecular weight excluding hydrogens is 188 g/mol. The van der Waals surface area contributed by atoms with E-state index in [1.165, 1.54) is 0 Å². The minimum Gasteiger partial charge on any atom is -0.385 e. The Morgan fingerprint density at radius 1 is 1.40 bits per heavy atom. The molecule has 0 aromatic carbocycles. The van der Waals surface area contributed by atoms with Crippen molar-refractivity contribution in [3.63, 3.8) is 0 Å². The van der Waals surface area contributed by atoms with Crippen LogP contribution in [-0.4, -0.2) is 16.5 Å². The van der Waals surface area contributed by atoms with Crippen LogP contribution >= 0.6 is 0 Å². The predicted molar refractivity (Wildman–Crippen MR) is 59.5 cm³/mol. The van der Waals surface area contributed by atoms with Crippen molar-refractivity contribution in [2.45, 2.75) is 52.1 Å². The number of hydrogen-bond donors (Lipinski definition) is 1. The second kappa shape index (κ2) is 3.18. The maximum Gasteiger partial charge on any atom is 0.155 e. The molecule has 1 N–H and O–H groups in total. The first-order valence-corrected chi connectivity index (χ1v) is 5.84. The summed E-state index contributed by atoms with van der Waals surface area (Å²) in [5, 5.41) is 10.5. The van der Waals surface area contributed by atoms with Crippen molar-refractivity contribution in [2.24, 2.45) is 11.3 Å². The smallest absolute Gasteiger partial charge is 0.155 e. The average molecular weight is 208 g/mol. The number of carbonyl (C=O) groups excluding carboxylic acids is 1. The molecule has 0 aliphatic heterocycles. The van der Waals surface area contributed by atoms with Gasteiger partial charge in [-0.2, -0.15) is 0 Å². The molecule has 1 fully saturated rings. The summed E-state index contributed by atoms with van der Waals surface area (Å²) in [7, 11) is 0. The molecule has 2 aliphatic rings. The molecule has 15 heavy (non-hydrogen) atoms. The van der Waals surface area contributed by atoms with Gasteiger partial charge in [-0.3, -0.25) is 4.79 Å². The highest BCUT2D eigenvalue weighted by molar-refractivity contribution is 5.92. The van der Waals surface area contributed by atoms with Crippen molar-refractivity contribution in [1.29, 1.82) is 0 Å². The molecule has 1 saturated carbocycles. The maximum absolute atomic E-state index is 11.5. The lowest BCUT2D eigenvalue weighted by molar-refractivity contribution is -0.117. The largest absolute Gasteiger partial charge is 0.385 e. The SMILES string of the molecule is C[C@@H]1CC[C@@]2(C)CCC(=O)C=C2[C@@]1(C)O. The first-order valence-electron chi connectivity index (χ1n) is 5.84. The highest BCUT2D eigenvalue weighted by Crippen LogP contribution is 2.52. The molecule has 2 rings (SSSR count). The van der Waals surface area contributed by atoms with Gasteiger partial charge in [-0.25, -0.2) is 0 Å². The molecule has 0 aromatic rings. The zero-order valence-electron chi connectivity index (χ0n) is 9.84. The van der Waals surface area contributed by atoms with E-state index in [-0.39, 0.29) is 17.1 Å². The van der Waals surface area contributed by atoms with E-state index in [1.807, 2.05) is 6.92 Å². The van der Waals surface area contributed by atoms with Gasteiger partial charge in [0, 0.05) is 6.42 Å². The van der Waals surface area contributed by atoms with E-state index in [9.17, 15) is 9.90 Å². The van der Waals surface area contributed by atoms with Crippen molar-refractivity contribution in [3.05, 3.63) is 11.6 Å². The van der Waals surface area contributed by atoms with Gasteiger partial charge in [0.1, 0.15) is 0 Å². The lowest BCUT2D eigenvalue weighted by Gasteiger charge is -2.49. The molecule has 0 amide bonds. The third-order valence-corrected chi connectivity index (χ3v) is 4.51. The Bertz CT molecular complexity index is 327. The Morgan fingerprint density at radius 2 is 2.07 bits per heavy atom. The lowest BCUT2D eigenvalue weighted by atomic mass is 9.57. The third-order valence-electron chi connectivity index (χ3n) is 4.51. The Balaban J connectivity index is 2.46. The minimum atomic E-state index is -0.789. The van der Waals surface area contributed by atoms with E-state index in [1.54, 1.807) is 6.08 Å². The fraction of sp³-hybridized carbons (Fsp3) is 0.769. The van der Waals surface area contributed by atoms with Gasteiger partial charge >= 0.3 is 0 Å². The van der Waals surface area contributed by atoms with Crippen molar-refractivity contribution < 1.29 is 9.90 Å². The van der Waals surface area contributed by atoms with Gasteiger partial charge in [0.25, 0.3) is 0 Å². The second-order valence-electron chi connectivity index (χ2n) is 5.67. The summed E-state index contributed by atoms with van der Waals surface area (Å²) in [6.07, 6.45) is 5.41. The van der Waals surface area contributed by atoms with Crippen LogP contribution in [0.3, 0.4) is 0 Å². The summed E-state index contributed by atoms with van der Waals surface area (Å²) in [6, 6.07) is 0. The lowest BCUT2D eigenvalue weighted by Crippen LogP contribution is -2.48. The van der Waals surface area contributed by atoms with Gasteiger partial charge in [0.05, 0.1) is 5.60 Å². The summed E-state index contributed by atoms with van der Waals surface area (Å²) >= 11 is 0. The normalized spacial score (nSPS) is 46.0. The van der Waals surface area contributed by atoms with Gasteiger partial charge in [-0.05, 0) is 49.2 Å². The molecule has 0 heterocycles. The topological polar surface area (TPSA) is 37.3 Å². The summed E-state index contributed by atoms with van der Waals surface area (Å²) in [5.74, 6) is 0.430. The molecule has 84 valence electrons. The zero-order valence-corrected chi connectivity index (χ0v) is 9.84. The predicted octanol–water partition coefficient (Wildman–Crippen LogP) is 2.46. The second-order valence-corrected chi connectivity index (χ2v) is 5.67. The molecule has 0 aromatic heterocycles. The Labute approximate surface area is 91.4 Å². The Hall–Kier alpha value is -0.630. The number of hydrogen-bond acceptors (Lipinski definition) is 2. The highest BCUT2D eigenvalue weighted by Gasteiger charge is 2.48. The van der Waals surface area contributed by atoms with Gasteiger partial charge in [0.2, 0.25) is 0 Å². The number of carbonyl (C=O) groups is 1. The number of ketones is 1. The number of fused-ring (bicyclic) bond motifs is 1. The van der Waals surface area contributed by atoms with E-state index in [0.717, 1.165) is 24.8 Å². The number of aliphatic hydroxyl groups is 1. The molecule has 0 saturated heterocycles. The van der Waals surface area contributed by atoms with Gasteiger partial charge < -0.3 is 5.11 Å². The Kier molecular flexibility index (Phi) is 2.30. The summed E-state index contributed by atoms with van der Waals surface area (Å²) in [5.41, 5.74) is 0.248. The van der Waals surface area contributed by atoms with Crippen LogP contribution in [0.15, 0.2) is 11.6 Å². The van der Waals surface area contributed by atoms with Crippen LogP contribution in [0.1, 0.15) is 46.5 Å². The fourth-order valence-electron chi connectivity index (χ4n) is 3.04. The van der Waals surface area contributed by atoms with Crippen LogP contribution < -0.4 is 0 Å². The van der Waals surface area contributed by atoms with Gasteiger partial charge in [-0.15, -0.1) is 0 Å². The van der Waals surface area contributed by atoms with E-state index in [0.29, 0.717) is 6.42 Å². The molecule has 0 bridgehead atoms. The zero-order chi connectivity index (χ0) is 11.3. The molecule has 2 aliphatic carbocycles. The summed E-state index contributed by atoms with van der Waals surface area (Å²) in [6.45, 7) is 6.12. The Morgan fingerprint density at radius 3 is 2.73 bits per heavy atom. The summed E-state index contributed by atoms with van der Waals surface area (Å²) in [4.78, 5) is 11.5. The quantitative estimate of drug-likeness (QED) is 0.664. The number of rotatable bonds is 0. The standard InChI is InChI=1S/C13H20O2/c1-9-4-6-12(2)7-5-10(14)8-11(12)13(9,3)15/h8-9,15H,4-7H2,1-3H3/t9-,12+,13+/m1/s1. The van der Waals surface area contributed by atoms with E-state index in [4.69, 9.17) is 0 Å². The maximum atomic E-state index is 11.5. The fourth-order valence-corrected chi connectivity index (χ4v) is 3.04. The van der Waals surface area contributed by atoms with Crippen LogP contribution in [0.5, 0.6) is 0 Å². The van der Waals surface area contributed by atoms with E-state index < -0.39 is 5.60 Å². The molecule has 0 radical (unpaired) electrons. The van der Waals surface area contributed by atoms with Crippen LogP contribution in [0, 0.1) is 11.3 Å². The van der Waals surface area contributed by atoms with Gasteiger partial charge in [-0.1, -0.05) is 13.8 Å². The van der Waals surface area contributed by atoms with Crippen molar-refractivity contribution in [2.75, 3.05) is 0 Å². The van der Waals surface area contributed by atoms with Crippen molar-refractivity contribution in [1.82, 2.24) is 0 Å². The summed E-state index contributed by atoms with van der Waals surface area (Å²) < 4.78 is 0. The number of allylic oxidation sites excluding steroid dienone is 1. The average Bonchev–Trinajstić information content (AvgIpc) is 2.16. The van der Waals surface area contributed by atoms with Crippen LogP contribution in [0.4, 0.5) is 0 Å².